The number of rotatable bonds is 6. The van der Waals surface area contributed by atoms with Gasteiger partial charge >= 0.3 is 0 Å². The summed E-state index contributed by atoms with van der Waals surface area (Å²) >= 11 is 0. The molecule has 2 nitrogen and oxygen atoms in total. The molecule has 124 valence electrons. The molecular weight excluding hydrogens is 256 g/mol. The van der Waals surface area contributed by atoms with Crippen LogP contribution in [0.15, 0.2) is 0 Å². The lowest BCUT2D eigenvalue weighted by Crippen LogP contribution is -2.48. The first-order chi connectivity index (χ1) is 10.1. The molecule has 0 amide bonds. The summed E-state index contributed by atoms with van der Waals surface area (Å²) in [6, 6.07) is 0.778. The van der Waals surface area contributed by atoms with E-state index in [9.17, 15) is 0 Å². The molecule has 21 heavy (non-hydrogen) atoms. The lowest BCUT2D eigenvalue weighted by atomic mass is 9.76. The smallest absolute Gasteiger partial charge is 0.0108 e. The third-order valence-corrected chi connectivity index (χ3v) is 6.31. The number of nitrogens with zero attached hydrogens (tertiary/aromatic N) is 1. The van der Waals surface area contributed by atoms with E-state index in [4.69, 9.17) is 0 Å². The number of hydrogen-bond acceptors (Lipinski definition) is 2. The van der Waals surface area contributed by atoms with Crippen LogP contribution >= 0.6 is 0 Å². The highest BCUT2D eigenvalue weighted by Crippen LogP contribution is 2.35. The summed E-state index contributed by atoms with van der Waals surface area (Å²) < 4.78 is 0. The molecule has 2 rings (SSSR count). The molecule has 1 aliphatic carbocycles. The molecule has 0 spiro atoms. The van der Waals surface area contributed by atoms with Gasteiger partial charge in [-0.15, -0.1) is 0 Å². The Balaban J connectivity index is 1.84. The van der Waals surface area contributed by atoms with Gasteiger partial charge in [-0.1, -0.05) is 34.1 Å². The standard InChI is InChI=1S/C19H38N2/c1-5-11-20-18-8-7-16(3)14-17(18)15-21-12-9-19(4,6-2)10-13-21/h16-18,20H,5-15H2,1-4H3. The number of likely N-dealkylation sites (tertiary alicyclic amines) is 1. The largest absolute Gasteiger partial charge is 0.314 e. The van der Waals surface area contributed by atoms with Gasteiger partial charge < -0.3 is 10.2 Å². The van der Waals surface area contributed by atoms with Crippen molar-refractivity contribution in [2.24, 2.45) is 17.3 Å². The van der Waals surface area contributed by atoms with E-state index in [-0.39, 0.29) is 0 Å². The SMILES string of the molecule is CCCNC1CCC(C)CC1CN1CCC(C)(CC)CC1. The summed E-state index contributed by atoms with van der Waals surface area (Å²) in [5, 5.41) is 3.83. The number of hydrogen-bond donors (Lipinski definition) is 1. The predicted octanol–water partition coefficient (Wildman–Crippen LogP) is 4.30. The van der Waals surface area contributed by atoms with Crippen LogP contribution < -0.4 is 5.32 Å². The quantitative estimate of drug-likeness (QED) is 0.785. The van der Waals surface area contributed by atoms with Gasteiger partial charge in [0.1, 0.15) is 0 Å². The van der Waals surface area contributed by atoms with E-state index < -0.39 is 0 Å². The van der Waals surface area contributed by atoms with E-state index >= 15 is 0 Å². The van der Waals surface area contributed by atoms with Gasteiger partial charge in [-0.3, -0.25) is 0 Å². The fourth-order valence-electron chi connectivity index (χ4n) is 4.26. The molecule has 1 N–H and O–H groups in total. The molecule has 0 radical (unpaired) electrons. The average molecular weight is 295 g/mol. The van der Waals surface area contributed by atoms with E-state index in [1.165, 1.54) is 71.1 Å². The van der Waals surface area contributed by atoms with Crippen LogP contribution in [0.4, 0.5) is 0 Å². The fraction of sp³-hybridized carbons (Fsp3) is 1.00. The van der Waals surface area contributed by atoms with Crippen molar-refractivity contribution in [2.75, 3.05) is 26.2 Å². The van der Waals surface area contributed by atoms with Crippen molar-refractivity contribution < 1.29 is 0 Å². The topological polar surface area (TPSA) is 15.3 Å². The molecule has 2 aliphatic rings. The van der Waals surface area contributed by atoms with E-state index in [1.54, 1.807) is 0 Å². The van der Waals surface area contributed by atoms with Gasteiger partial charge in [0.2, 0.25) is 0 Å². The molecule has 2 heteroatoms. The van der Waals surface area contributed by atoms with Crippen molar-refractivity contribution in [2.45, 2.75) is 78.7 Å². The van der Waals surface area contributed by atoms with Gasteiger partial charge in [-0.2, -0.15) is 0 Å². The molecule has 0 aromatic heterocycles. The highest BCUT2D eigenvalue weighted by molar-refractivity contribution is 4.88. The van der Waals surface area contributed by atoms with Crippen LogP contribution in [0, 0.1) is 17.3 Å². The van der Waals surface area contributed by atoms with Crippen LogP contribution in [0.5, 0.6) is 0 Å². The van der Waals surface area contributed by atoms with Crippen LogP contribution in [0.1, 0.15) is 72.6 Å². The summed E-state index contributed by atoms with van der Waals surface area (Å²) in [6.45, 7) is 14.8. The van der Waals surface area contributed by atoms with Gasteiger partial charge in [0.25, 0.3) is 0 Å². The maximum atomic E-state index is 3.83. The Morgan fingerprint density at radius 2 is 1.86 bits per heavy atom. The van der Waals surface area contributed by atoms with Gasteiger partial charge in [0.05, 0.1) is 0 Å². The molecule has 3 atom stereocenters. The highest BCUT2D eigenvalue weighted by atomic mass is 15.1. The van der Waals surface area contributed by atoms with Crippen LogP contribution in [0.3, 0.4) is 0 Å². The first-order valence-electron chi connectivity index (χ1n) is 9.52. The minimum atomic E-state index is 0.621. The predicted molar refractivity (Wildman–Crippen MR) is 92.7 cm³/mol. The van der Waals surface area contributed by atoms with Crippen LogP contribution in [0.2, 0.25) is 0 Å². The van der Waals surface area contributed by atoms with Crippen molar-refractivity contribution in [3.63, 3.8) is 0 Å². The molecule has 3 unspecified atom stereocenters. The molecule has 1 heterocycles. The Labute approximate surface area is 133 Å². The minimum absolute atomic E-state index is 0.621. The zero-order chi connectivity index (χ0) is 15.3. The highest BCUT2D eigenvalue weighted by Gasteiger charge is 2.33. The van der Waals surface area contributed by atoms with Gasteiger partial charge in [-0.05, 0) is 75.4 Å². The van der Waals surface area contributed by atoms with Crippen molar-refractivity contribution in [3.8, 4) is 0 Å². The van der Waals surface area contributed by atoms with Crippen molar-refractivity contribution in [3.05, 3.63) is 0 Å². The second-order valence-electron chi connectivity index (χ2n) is 8.20. The monoisotopic (exact) mass is 294 g/mol. The summed E-state index contributed by atoms with van der Waals surface area (Å²) in [4.78, 5) is 2.76. The first kappa shape index (κ1) is 17.3. The van der Waals surface area contributed by atoms with Crippen molar-refractivity contribution >= 4 is 0 Å². The normalized spacial score (nSPS) is 34.0. The van der Waals surface area contributed by atoms with E-state index in [0.717, 1.165) is 17.9 Å². The van der Waals surface area contributed by atoms with Crippen LogP contribution in [-0.4, -0.2) is 37.1 Å². The zero-order valence-corrected chi connectivity index (χ0v) is 15.0. The zero-order valence-electron chi connectivity index (χ0n) is 15.0. The molecule has 1 aliphatic heterocycles. The summed E-state index contributed by atoms with van der Waals surface area (Å²) in [6.07, 6.45) is 9.66. The van der Waals surface area contributed by atoms with Gasteiger partial charge in [0.15, 0.2) is 0 Å². The molecule has 0 aromatic carbocycles. The Hall–Kier alpha value is -0.0800. The van der Waals surface area contributed by atoms with E-state index in [1.807, 2.05) is 0 Å². The van der Waals surface area contributed by atoms with Gasteiger partial charge in [0, 0.05) is 12.6 Å². The third-order valence-electron chi connectivity index (χ3n) is 6.31. The van der Waals surface area contributed by atoms with E-state index in [2.05, 4.69) is 37.9 Å². The minimum Gasteiger partial charge on any atom is -0.314 e. The van der Waals surface area contributed by atoms with Crippen LogP contribution in [-0.2, 0) is 0 Å². The molecule has 2 fully saturated rings. The Morgan fingerprint density at radius 3 is 2.48 bits per heavy atom. The molecule has 0 bridgehead atoms. The summed E-state index contributed by atoms with van der Waals surface area (Å²) in [5.41, 5.74) is 0.621. The Kier molecular flexibility index (Phi) is 6.55. The lowest BCUT2D eigenvalue weighted by molar-refractivity contribution is 0.0789. The lowest BCUT2D eigenvalue weighted by Gasteiger charge is -2.43. The second-order valence-corrected chi connectivity index (χ2v) is 8.20. The summed E-state index contributed by atoms with van der Waals surface area (Å²) in [7, 11) is 0. The summed E-state index contributed by atoms with van der Waals surface area (Å²) in [5.74, 6) is 1.81. The number of nitrogens with one attached hydrogen (secondary N) is 1. The third kappa shape index (κ3) is 4.96. The maximum Gasteiger partial charge on any atom is 0.0108 e. The van der Waals surface area contributed by atoms with Crippen molar-refractivity contribution in [1.82, 2.24) is 10.2 Å². The van der Waals surface area contributed by atoms with Crippen LogP contribution in [0.25, 0.3) is 0 Å². The molecule has 0 aromatic rings. The first-order valence-corrected chi connectivity index (χ1v) is 9.52. The average Bonchev–Trinajstić information content (AvgIpc) is 2.49. The molecule has 1 saturated heterocycles. The van der Waals surface area contributed by atoms with E-state index in [0.29, 0.717) is 5.41 Å². The molecular formula is C19H38N2. The number of piperidine rings is 1. The molecule has 1 saturated carbocycles. The Bertz CT molecular complexity index is 292. The second kappa shape index (κ2) is 7.97. The van der Waals surface area contributed by atoms with Crippen molar-refractivity contribution in [1.29, 1.82) is 0 Å². The Morgan fingerprint density at radius 1 is 1.14 bits per heavy atom. The maximum absolute atomic E-state index is 3.83. The van der Waals surface area contributed by atoms with Gasteiger partial charge in [-0.25, -0.2) is 0 Å². The fourth-order valence-corrected chi connectivity index (χ4v) is 4.26.